The first-order chi connectivity index (χ1) is 6.27. The van der Waals surface area contributed by atoms with E-state index in [-0.39, 0.29) is 0 Å². The molecule has 66 valence electrons. The molecule has 0 spiro atoms. The van der Waals surface area contributed by atoms with Gasteiger partial charge in [-0.2, -0.15) is 0 Å². The van der Waals surface area contributed by atoms with E-state index in [0.29, 0.717) is 5.69 Å². The number of aryl methyl sites for hydroxylation is 1. The fourth-order valence-corrected chi connectivity index (χ4v) is 1.18. The van der Waals surface area contributed by atoms with Gasteiger partial charge in [-0.1, -0.05) is 0 Å². The number of nitrogens with zero attached hydrogens (tertiary/aromatic N) is 3. The molecule has 4 nitrogen and oxygen atoms in total. The molecule has 0 amide bonds. The predicted octanol–water partition coefficient (Wildman–Crippen LogP) is 1.06. The lowest BCUT2D eigenvalue weighted by Crippen LogP contribution is -1.95. The standard InChI is InChI=1S/C9H10N4/c1-13-5-4-12-9(13)8-6-7(10)2-3-11-8/h2-6H,1H3,(H2,10,11). The second kappa shape index (κ2) is 2.90. The third-order valence-corrected chi connectivity index (χ3v) is 1.83. The van der Waals surface area contributed by atoms with Gasteiger partial charge in [-0.05, 0) is 12.1 Å². The molecular formula is C9H10N4. The molecule has 0 saturated heterocycles. The number of hydrogen-bond acceptors (Lipinski definition) is 3. The van der Waals surface area contributed by atoms with Gasteiger partial charge in [0.25, 0.3) is 0 Å². The smallest absolute Gasteiger partial charge is 0.158 e. The molecule has 0 aliphatic heterocycles. The Kier molecular flexibility index (Phi) is 1.73. The molecule has 0 unspecified atom stereocenters. The van der Waals surface area contributed by atoms with Crippen LogP contribution in [0.3, 0.4) is 0 Å². The van der Waals surface area contributed by atoms with Gasteiger partial charge in [0.2, 0.25) is 0 Å². The maximum absolute atomic E-state index is 5.64. The molecule has 0 radical (unpaired) electrons. The van der Waals surface area contributed by atoms with Crippen molar-refractivity contribution in [1.82, 2.24) is 14.5 Å². The first kappa shape index (κ1) is 7.79. The number of aromatic nitrogens is 3. The lowest BCUT2D eigenvalue weighted by molar-refractivity contribution is 0.918. The molecule has 2 aromatic heterocycles. The Balaban J connectivity index is 2.53. The highest BCUT2D eigenvalue weighted by Crippen LogP contribution is 2.15. The van der Waals surface area contributed by atoms with E-state index in [9.17, 15) is 0 Å². The Bertz CT molecular complexity index is 419. The zero-order valence-electron chi connectivity index (χ0n) is 7.31. The third kappa shape index (κ3) is 1.38. The van der Waals surface area contributed by atoms with Crippen LogP contribution in [0.4, 0.5) is 5.69 Å². The molecular weight excluding hydrogens is 164 g/mol. The zero-order valence-corrected chi connectivity index (χ0v) is 7.31. The highest BCUT2D eigenvalue weighted by Gasteiger charge is 2.03. The maximum Gasteiger partial charge on any atom is 0.158 e. The van der Waals surface area contributed by atoms with Crippen LogP contribution in [0.2, 0.25) is 0 Å². The summed E-state index contributed by atoms with van der Waals surface area (Å²) in [5.41, 5.74) is 7.14. The first-order valence-electron chi connectivity index (χ1n) is 3.96. The topological polar surface area (TPSA) is 56.7 Å². The first-order valence-corrected chi connectivity index (χ1v) is 3.96. The van der Waals surface area contributed by atoms with Crippen LogP contribution in [0.25, 0.3) is 11.5 Å². The van der Waals surface area contributed by atoms with E-state index in [1.807, 2.05) is 23.9 Å². The van der Waals surface area contributed by atoms with E-state index in [2.05, 4.69) is 9.97 Å². The number of rotatable bonds is 1. The summed E-state index contributed by atoms with van der Waals surface area (Å²) < 4.78 is 1.90. The molecule has 2 heterocycles. The van der Waals surface area contributed by atoms with Crippen LogP contribution in [0.5, 0.6) is 0 Å². The quantitative estimate of drug-likeness (QED) is 0.703. The monoisotopic (exact) mass is 174 g/mol. The summed E-state index contributed by atoms with van der Waals surface area (Å²) in [6, 6.07) is 3.56. The lowest BCUT2D eigenvalue weighted by Gasteiger charge is -2.00. The minimum absolute atomic E-state index is 0.702. The fraction of sp³-hybridized carbons (Fsp3) is 0.111. The van der Waals surface area contributed by atoms with Gasteiger partial charge >= 0.3 is 0 Å². The van der Waals surface area contributed by atoms with Crippen molar-refractivity contribution in [2.24, 2.45) is 7.05 Å². The molecule has 0 bridgehead atoms. The molecule has 0 fully saturated rings. The van der Waals surface area contributed by atoms with Gasteiger partial charge in [-0.3, -0.25) is 4.98 Å². The minimum Gasteiger partial charge on any atom is -0.399 e. The number of anilines is 1. The molecule has 0 aliphatic rings. The van der Waals surface area contributed by atoms with Gasteiger partial charge in [0, 0.05) is 31.3 Å². The van der Waals surface area contributed by atoms with Gasteiger partial charge in [0.1, 0.15) is 5.69 Å². The zero-order chi connectivity index (χ0) is 9.26. The van der Waals surface area contributed by atoms with Gasteiger partial charge in [0.15, 0.2) is 5.82 Å². The number of imidazole rings is 1. The number of hydrogen-bond donors (Lipinski definition) is 1. The summed E-state index contributed by atoms with van der Waals surface area (Å²) in [5, 5.41) is 0. The summed E-state index contributed by atoms with van der Waals surface area (Å²) in [5.74, 6) is 0.826. The van der Waals surface area contributed by atoms with Crippen LogP contribution in [0, 0.1) is 0 Å². The molecule has 0 atom stereocenters. The van der Waals surface area contributed by atoms with Crippen LogP contribution in [-0.2, 0) is 7.05 Å². The maximum atomic E-state index is 5.64. The van der Waals surface area contributed by atoms with Gasteiger partial charge in [-0.25, -0.2) is 4.98 Å². The Hall–Kier alpha value is -1.84. The molecule has 4 heteroatoms. The Labute approximate surface area is 76.1 Å². The van der Waals surface area contributed by atoms with Crippen molar-refractivity contribution in [1.29, 1.82) is 0 Å². The summed E-state index contributed by atoms with van der Waals surface area (Å²) in [4.78, 5) is 8.35. The van der Waals surface area contributed by atoms with Crippen LogP contribution in [-0.4, -0.2) is 14.5 Å². The van der Waals surface area contributed by atoms with Gasteiger partial charge in [-0.15, -0.1) is 0 Å². The van der Waals surface area contributed by atoms with E-state index in [0.717, 1.165) is 11.5 Å². The van der Waals surface area contributed by atoms with Crippen LogP contribution < -0.4 is 5.73 Å². The van der Waals surface area contributed by atoms with Crippen LogP contribution in [0.15, 0.2) is 30.7 Å². The van der Waals surface area contributed by atoms with Crippen LogP contribution >= 0.6 is 0 Å². The van der Waals surface area contributed by atoms with Crippen molar-refractivity contribution >= 4 is 5.69 Å². The highest BCUT2D eigenvalue weighted by atomic mass is 15.0. The van der Waals surface area contributed by atoms with Gasteiger partial charge in [0.05, 0.1) is 0 Å². The second-order valence-electron chi connectivity index (χ2n) is 2.84. The van der Waals surface area contributed by atoms with Crippen molar-refractivity contribution in [3.05, 3.63) is 30.7 Å². The molecule has 2 N–H and O–H groups in total. The summed E-state index contributed by atoms with van der Waals surface area (Å²) in [6.45, 7) is 0. The van der Waals surface area contributed by atoms with E-state index in [1.165, 1.54) is 0 Å². The SMILES string of the molecule is Cn1ccnc1-c1cc(N)ccn1. The molecule has 2 aromatic rings. The van der Waals surface area contributed by atoms with Crippen molar-refractivity contribution in [2.75, 3.05) is 5.73 Å². The normalized spacial score (nSPS) is 10.2. The Morgan fingerprint density at radius 1 is 1.31 bits per heavy atom. The number of nitrogen functional groups attached to an aromatic ring is 1. The van der Waals surface area contributed by atoms with E-state index in [1.54, 1.807) is 18.5 Å². The number of nitrogens with two attached hydrogens (primary N) is 1. The number of pyridine rings is 1. The Morgan fingerprint density at radius 3 is 2.77 bits per heavy atom. The molecule has 0 saturated carbocycles. The summed E-state index contributed by atoms with van der Waals surface area (Å²) in [7, 11) is 1.92. The van der Waals surface area contributed by atoms with E-state index < -0.39 is 0 Å². The van der Waals surface area contributed by atoms with Crippen molar-refractivity contribution in [3.8, 4) is 11.5 Å². The average molecular weight is 174 g/mol. The predicted molar refractivity (Wildman–Crippen MR) is 50.9 cm³/mol. The third-order valence-electron chi connectivity index (χ3n) is 1.83. The molecule has 0 aliphatic carbocycles. The van der Waals surface area contributed by atoms with Crippen molar-refractivity contribution < 1.29 is 0 Å². The van der Waals surface area contributed by atoms with Crippen LogP contribution in [0.1, 0.15) is 0 Å². The summed E-state index contributed by atoms with van der Waals surface area (Å²) >= 11 is 0. The Morgan fingerprint density at radius 2 is 2.15 bits per heavy atom. The molecule has 2 rings (SSSR count). The average Bonchev–Trinajstić information content (AvgIpc) is 2.51. The molecule has 0 aromatic carbocycles. The summed E-state index contributed by atoms with van der Waals surface area (Å²) in [6.07, 6.45) is 5.29. The largest absolute Gasteiger partial charge is 0.399 e. The second-order valence-corrected chi connectivity index (χ2v) is 2.84. The van der Waals surface area contributed by atoms with E-state index in [4.69, 9.17) is 5.73 Å². The molecule has 13 heavy (non-hydrogen) atoms. The van der Waals surface area contributed by atoms with Crippen molar-refractivity contribution in [2.45, 2.75) is 0 Å². The minimum atomic E-state index is 0.702. The fourth-order valence-electron chi connectivity index (χ4n) is 1.18. The van der Waals surface area contributed by atoms with E-state index >= 15 is 0 Å². The van der Waals surface area contributed by atoms with Crippen molar-refractivity contribution in [3.63, 3.8) is 0 Å². The highest BCUT2D eigenvalue weighted by molar-refractivity contribution is 5.56. The van der Waals surface area contributed by atoms with Gasteiger partial charge < -0.3 is 10.3 Å². The lowest BCUT2D eigenvalue weighted by atomic mass is 10.3.